The van der Waals surface area contributed by atoms with E-state index in [4.69, 9.17) is 9.47 Å². The summed E-state index contributed by atoms with van der Waals surface area (Å²) in [6.07, 6.45) is 7.30. The normalized spacial score (nSPS) is 31.7. The third-order valence-corrected chi connectivity index (χ3v) is 5.09. The fourth-order valence-electron chi connectivity index (χ4n) is 3.57. The number of ether oxygens (including phenoxy) is 2. The summed E-state index contributed by atoms with van der Waals surface area (Å²) in [4.78, 5) is 20.8. The van der Waals surface area contributed by atoms with Crippen molar-refractivity contribution in [2.75, 3.05) is 34.0 Å². The Hall–Kier alpha value is -1.14. The molecule has 1 unspecified atom stereocenters. The van der Waals surface area contributed by atoms with Gasteiger partial charge in [-0.1, -0.05) is 6.92 Å². The molecule has 2 aliphatic rings. The third kappa shape index (κ3) is 5.45. The highest BCUT2D eigenvalue weighted by Gasteiger charge is 2.32. The number of nitrogens with zero attached hydrogens (tertiary/aromatic N) is 3. The fourth-order valence-corrected chi connectivity index (χ4v) is 3.57. The van der Waals surface area contributed by atoms with Crippen molar-refractivity contribution in [2.45, 2.75) is 64.2 Å². The number of aliphatic imine (C=N–C) groups is 1. The van der Waals surface area contributed by atoms with E-state index in [1.807, 2.05) is 13.3 Å². The van der Waals surface area contributed by atoms with Gasteiger partial charge in [0.2, 0.25) is 0 Å². The lowest BCUT2D eigenvalue weighted by Crippen LogP contribution is -2.51. The van der Waals surface area contributed by atoms with E-state index in [-0.39, 0.29) is 12.0 Å². The second kappa shape index (κ2) is 9.37. The molecule has 0 N–H and O–H groups in total. The smallest absolute Gasteiger partial charge is 0.253 e. The predicted molar refractivity (Wildman–Crippen MR) is 95.1 cm³/mol. The highest BCUT2D eigenvalue weighted by molar-refractivity contribution is 5.81. The van der Waals surface area contributed by atoms with Crippen molar-refractivity contribution >= 4 is 12.2 Å². The van der Waals surface area contributed by atoms with Crippen LogP contribution in [-0.4, -0.2) is 74.3 Å². The lowest BCUT2D eigenvalue weighted by molar-refractivity contribution is -0.167. The maximum absolute atomic E-state index is 12.3. The number of hydrogen-bond donors (Lipinski definition) is 0. The van der Waals surface area contributed by atoms with Crippen LogP contribution in [0.4, 0.5) is 0 Å². The Balaban J connectivity index is 1.74. The Morgan fingerprint density at radius 2 is 2.04 bits per heavy atom. The summed E-state index contributed by atoms with van der Waals surface area (Å²) in [6.45, 7) is 5.85. The molecule has 6 nitrogen and oxygen atoms in total. The Morgan fingerprint density at radius 3 is 2.71 bits per heavy atom. The van der Waals surface area contributed by atoms with E-state index < -0.39 is 6.10 Å². The topological polar surface area (TPSA) is 54.4 Å². The highest BCUT2D eigenvalue weighted by atomic mass is 16.5. The number of amides is 1. The van der Waals surface area contributed by atoms with Crippen LogP contribution in [0.5, 0.6) is 0 Å². The molecule has 1 aliphatic carbocycles. The van der Waals surface area contributed by atoms with Gasteiger partial charge in [-0.2, -0.15) is 0 Å². The molecule has 1 aliphatic heterocycles. The zero-order chi connectivity index (χ0) is 17.5. The molecule has 1 saturated carbocycles. The van der Waals surface area contributed by atoms with E-state index in [9.17, 15) is 4.79 Å². The first-order valence-electron chi connectivity index (χ1n) is 9.16. The number of carbonyl (C=O) groups is 1. The molecule has 24 heavy (non-hydrogen) atoms. The first-order valence-corrected chi connectivity index (χ1v) is 9.16. The van der Waals surface area contributed by atoms with Crippen LogP contribution in [0.3, 0.4) is 0 Å². The molecule has 1 saturated heterocycles. The summed E-state index contributed by atoms with van der Waals surface area (Å²) < 4.78 is 10.9. The number of rotatable bonds is 7. The molecule has 2 fully saturated rings. The van der Waals surface area contributed by atoms with Crippen molar-refractivity contribution in [3.8, 4) is 0 Å². The molecule has 0 aromatic heterocycles. The monoisotopic (exact) mass is 339 g/mol. The summed E-state index contributed by atoms with van der Waals surface area (Å²) in [5, 5.41) is 0. The van der Waals surface area contributed by atoms with Crippen molar-refractivity contribution in [3.63, 3.8) is 0 Å². The molecule has 6 heteroatoms. The van der Waals surface area contributed by atoms with Crippen molar-refractivity contribution in [3.05, 3.63) is 0 Å². The van der Waals surface area contributed by atoms with Gasteiger partial charge in [-0.05, 0) is 38.5 Å². The molecule has 1 heterocycles. The van der Waals surface area contributed by atoms with E-state index >= 15 is 0 Å². The van der Waals surface area contributed by atoms with Crippen LogP contribution in [0.25, 0.3) is 0 Å². The summed E-state index contributed by atoms with van der Waals surface area (Å²) >= 11 is 0. The lowest BCUT2D eigenvalue weighted by Gasteiger charge is -2.35. The maximum Gasteiger partial charge on any atom is 0.253 e. The van der Waals surface area contributed by atoms with E-state index in [0.29, 0.717) is 32.3 Å². The van der Waals surface area contributed by atoms with E-state index in [1.165, 1.54) is 25.7 Å². The van der Waals surface area contributed by atoms with Crippen molar-refractivity contribution in [1.82, 2.24) is 9.80 Å². The minimum Gasteiger partial charge on any atom is -0.364 e. The highest BCUT2D eigenvalue weighted by Crippen LogP contribution is 2.25. The first kappa shape index (κ1) is 19.2. The standard InChI is InChI=1S/C18H33N3O3/c1-14-5-7-16(8-6-14)20(3)12-19-10-9-17-18(22)21(13-23-4)11-15(2)24-17/h12,14-17H,5-11,13H2,1-4H3/t14?,15-,16?,17?/m1/s1. The van der Waals surface area contributed by atoms with Crippen LogP contribution in [0, 0.1) is 5.92 Å². The molecule has 0 spiro atoms. The summed E-state index contributed by atoms with van der Waals surface area (Å²) in [6, 6.07) is 0.606. The first-order chi connectivity index (χ1) is 11.5. The maximum atomic E-state index is 12.3. The number of hydrogen-bond acceptors (Lipinski definition) is 4. The molecule has 0 radical (unpaired) electrons. The van der Waals surface area contributed by atoms with Gasteiger partial charge in [-0.3, -0.25) is 9.79 Å². The van der Waals surface area contributed by atoms with Crippen molar-refractivity contribution in [2.24, 2.45) is 10.9 Å². The fraction of sp³-hybridized carbons (Fsp3) is 0.889. The molecular formula is C18H33N3O3. The van der Waals surface area contributed by atoms with Crippen LogP contribution in [0.1, 0.15) is 46.0 Å². The van der Waals surface area contributed by atoms with E-state index in [0.717, 1.165) is 5.92 Å². The number of methoxy groups -OCH3 is 1. The van der Waals surface area contributed by atoms with Gasteiger partial charge in [0.1, 0.15) is 12.8 Å². The van der Waals surface area contributed by atoms with Gasteiger partial charge in [0.25, 0.3) is 5.91 Å². The molecule has 138 valence electrons. The van der Waals surface area contributed by atoms with Gasteiger partial charge in [-0.15, -0.1) is 0 Å². The Bertz CT molecular complexity index is 422. The average molecular weight is 339 g/mol. The Kier molecular flexibility index (Phi) is 7.49. The van der Waals surface area contributed by atoms with Gasteiger partial charge in [0, 0.05) is 39.7 Å². The molecule has 2 rings (SSSR count). The molecule has 0 aromatic rings. The SMILES string of the molecule is COCN1C[C@@H](C)OC(CCN=CN(C)C2CCC(C)CC2)C1=O. The average Bonchev–Trinajstić information content (AvgIpc) is 2.56. The molecule has 0 aromatic carbocycles. The van der Waals surface area contributed by atoms with E-state index in [1.54, 1.807) is 12.0 Å². The number of morpholine rings is 1. The summed E-state index contributed by atoms with van der Waals surface area (Å²) in [5.74, 6) is 0.873. The minimum atomic E-state index is -0.401. The van der Waals surface area contributed by atoms with Crippen LogP contribution in [0.2, 0.25) is 0 Å². The van der Waals surface area contributed by atoms with Crippen molar-refractivity contribution in [1.29, 1.82) is 0 Å². The van der Waals surface area contributed by atoms with Crippen LogP contribution < -0.4 is 0 Å². The van der Waals surface area contributed by atoms with Crippen LogP contribution in [-0.2, 0) is 14.3 Å². The minimum absolute atomic E-state index is 0.0137. The third-order valence-electron chi connectivity index (χ3n) is 5.09. The predicted octanol–water partition coefficient (Wildman–Crippen LogP) is 2.14. The Morgan fingerprint density at radius 1 is 1.33 bits per heavy atom. The van der Waals surface area contributed by atoms with Gasteiger partial charge in [0.15, 0.2) is 0 Å². The summed E-state index contributed by atoms with van der Waals surface area (Å²) in [5.41, 5.74) is 0. The molecule has 2 atom stereocenters. The lowest BCUT2D eigenvalue weighted by atomic mass is 9.87. The number of carbonyl (C=O) groups excluding carboxylic acids is 1. The molecule has 0 bridgehead atoms. The van der Waals surface area contributed by atoms with Gasteiger partial charge in [0.05, 0.1) is 12.4 Å². The molecular weight excluding hydrogens is 306 g/mol. The summed E-state index contributed by atoms with van der Waals surface area (Å²) in [7, 11) is 3.71. The Labute approximate surface area is 146 Å². The molecule has 1 amide bonds. The zero-order valence-electron chi connectivity index (χ0n) is 15.6. The van der Waals surface area contributed by atoms with Crippen LogP contribution in [0.15, 0.2) is 4.99 Å². The second-order valence-corrected chi connectivity index (χ2v) is 7.30. The van der Waals surface area contributed by atoms with Gasteiger partial charge < -0.3 is 19.3 Å². The largest absolute Gasteiger partial charge is 0.364 e. The van der Waals surface area contributed by atoms with Gasteiger partial charge >= 0.3 is 0 Å². The second-order valence-electron chi connectivity index (χ2n) is 7.30. The van der Waals surface area contributed by atoms with Crippen LogP contribution >= 0.6 is 0 Å². The van der Waals surface area contributed by atoms with Gasteiger partial charge in [-0.25, -0.2) is 0 Å². The quantitative estimate of drug-likeness (QED) is 0.527. The zero-order valence-corrected chi connectivity index (χ0v) is 15.6. The van der Waals surface area contributed by atoms with Crippen molar-refractivity contribution < 1.29 is 14.3 Å². The van der Waals surface area contributed by atoms with E-state index in [2.05, 4.69) is 23.9 Å².